The molecule has 0 fully saturated rings. The topological polar surface area (TPSA) is 134 Å². The molecule has 2 rings (SSSR count). The summed E-state index contributed by atoms with van der Waals surface area (Å²) >= 11 is 0. The van der Waals surface area contributed by atoms with Crippen LogP contribution < -0.4 is 4.74 Å². The van der Waals surface area contributed by atoms with Gasteiger partial charge in [-0.3, -0.25) is 20.2 Å². The Morgan fingerprint density at radius 3 is 1.89 bits per heavy atom. The summed E-state index contributed by atoms with van der Waals surface area (Å²) in [5.41, 5.74) is -0.911. The summed E-state index contributed by atoms with van der Waals surface area (Å²) in [5, 5.41) is 22.1. The Hall–Kier alpha value is -3.17. The van der Waals surface area contributed by atoms with E-state index in [1.54, 1.807) is 0 Å². The molecule has 192 valence electrons. The van der Waals surface area contributed by atoms with Crippen molar-refractivity contribution in [1.29, 1.82) is 0 Å². The van der Waals surface area contributed by atoms with Crippen LogP contribution in [0.25, 0.3) is 0 Å². The van der Waals surface area contributed by atoms with Gasteiger partial charge in [-0.25, -0.2) is 4.98 Å². The van der Waals surface area contributed by atoms with Gasteiger partial charge in [0.2, 0.25) is 5.75 Å². The summed E-state index contributed by atoms with van der Waals surface area (Å²) in [6, 6.07) is 3.09. The molecule has 0 N–H and O–H groups in total. The summed E-state index contributed by atoms with van der Waals surface area (Å²) < 4.78 is 5.44. The number of nitrogens with zero attached hydrogens (tertiary/aromatic N) is 5. The molecule has 1 aromatic carbocycles. The number of non-ortho nitro benzene ring substituents is 1. The molecule has 0 saturated heterocycles. The first-order valence-corrected chi connectivity index (χ1v) is 12.8. The minimum Gasteiger partial charge on any atom is -0.417 e. The van der Waals surface area contributed by atoms with E-state index in [0.717, 1.165) is 25.0 Å². The van der Waals surface area contributed by atoms with Gasteiger partial charge in [0.05, 0.1) is 15.9 Å². The molecular formula is C25H37N5O5. The predicted octanol–water partition coefficient (Wildman–Crippen LogP) is 7.50. The number of aryl methyl sites for hydroxylation is 1. The average molecular weight is 488 g/mol. The van der Waals surface area contributed by atoms with E-state index in [-0.39, 0.29) is 11.8 Å². The van der Waals surface area contributed by atoms with Gasteiger partial charge in [0, 0.05) is 12.5 Å². The fourth-order valence-electron chi connectivity index (χ4n) is 3.91. The fraction of sp³-hybridized carbons (Fsp3) is 0.640. The van der Waals surface area contributed by atoms with Gasteiger partial charge in [-0.2, -0.15) is 9.97 Å². The fourth-order valence-corrected chi connectivity index (χ4v) is 3.91. The highest BCUT2D eigenvalue weighted by molar-refractivity contribution is 5.54. The van der Waals surface area contributed by atoms with Crippen molar-refractivity contribution in [1.82, 2.24) is 15.0 Å². The van der Waals surface area contributed by atoms with Crippen LogP contribution in [0.1, 0.15) is 103 Å². The standard InChI is InChI=1S/C25H37N5O5/c1-2-3-4-5-6-7-8-9-10-11-12-13-14-15-16-24-26-20-27-25(28-24)35-23-18-17-21(29(31)32)19-22(23)30(33)34/h17-20H,2-16H2,1H3. The normalized spacial score (nSPS) is 10.9. The first kappa shape index (κ1) is 28.1. The van der Waals surface area contributed by atoms with Crippen molar-refractivity contribution in [2.75, 3.05) is 0 Å². The summed E-state index contributed by atoms with van der Waals surface area (Å²) in [7, 11) is 0. The van der Waals surface area contributed by atoms with Crippen LogP contribution in [-0.4, -0.2) is 24.8 Å². The van der Waals surface area contributed by atoms with Gasteiger partial charge in [-0.05, 0) is 12.5 Å². The monoisotopic (exact) mass is 487 g/mol. The van der Waals surface area contributed by atoms with Gasteiger partial charge in [-0.15, -0.1) is 0 Å². The molecule has 1 heterocycles. The highest BCUT2D eigenvalue weighted by Gasteiger charge is 2.22. The first-order chi connectivity index (χ1) is 17.0. The van der Waals surface area contributed by atoms with Gasteiger partial charge in [0.15, 0.2) is 0 Å². The van der Waals surface area contributed by atoms with Crippen LogP contribution in [0.15, 0.2) is 24.5 Å². The second kappa shape index (κ2) is 16.5. The summed E-state index contributed by atoms with van der Waals surface area (Å²) in [5.74, 6) is 0.396. The van der Waals surface area contributed by atoms with Crippen molar-refractivity contribution < 1.29 is 14.6 Å². The second-order valence-corrected chi connectivity index (χ2v) is 8.80. The van der Waals surface area contributed by atoms with Gasteiger partial charge in [0.1, 0.15) is 12.2 Å². The van der Waals surface area contributed by atoms with E-state index in [2.05, 4.69) is 21.9 Å². The van der Waals surface area contributed by atoms with Gasteiger partial charge < -0.3 is 4.74 Å². The van der Waals surface area contributed by atoms with E-state index in [1.807, 2.05) is 0 Å². The molecule has 1 aromatic heterocycles. The molecule has 10 heteroatoms. The van der Waals surface area contributed by atoms with E-state index in [9.17, 15) is 20.2 Å². The molecule has 0 bridgehead atoms. The second-order valence-electron chi connectivity index (χ2n) is 8.80. The van der Waals surface area contributed by atoms with Crippen LogP contribution in [0.2, 0.25) is 0 Å². The van der Waals surface area contributed by atoms with Crippen molar-refractivity contribution in [3.63, 3.8) is 0 Å². The lowest BCUT2D eigenvalue weighted by atomic mass is 10.0. The highest BCUT2D eigenvalue weighted by Crippen LogP contribution is 2.33. The Bertz CT molecular complexity index is 925. The molecule has 35 heavy (non-hydrogen) atoms. The number of ether oxygens (including phenoxy) is 1. The molecule has 0 aliphatic carbocycles. The Morgan fingerprint density at radius 1 is 0.771 bits per heavy atom. The zero-order chi connectivity index (χ0) is 25.3. The zero-order valence-corrected chi connectivity index (χ0v) is 20.7. The summed E-state index contributed by atoms with van der Waals surface area (Å²) in [6.45, 7) is 2.25. The number of nitro benzene ring substituents is 2. The van der Waals surface area contributed by atoms with E-state index in [4.69, 9.17) is 4.74 Å². The van der Waals surface area contributed by atoms with Crippen molar-refractivity contribution in [2.45, 2.75) is 103 Å². The lowest BCUT2D eigenvalue weighted by Gasteiger charge is -2.06. The number of unbranched alkanes of at least 4 members (excludes halogenated alkanes) is 13. The SMILES string of the molecule is CCCCCCCCCCCCCCCCc1ncnc(Oc2ccc([N+](=O)[O-])cc2[N+](=O)[O-])n1. The quantitative estimate of drug-likeness (QED) is 0.113. The van der Waals surface area contributed by atoms with Crippen molar-refractivity contribution in [3.8, 4) is 11.8 Å². The van der Waals surface area contributed by atoms with Crippen LogP contribution in [-0.2, 0) is 6.42 Å². The van der Waals surface area contributed by atoms with Crippen LogP contribution in [0.3, 0.4) is 0 Å². The zero-order valence-electron chi connectivity index (χ0n) is 20.7. The Labute approximate surface area is 206 Å². The maximum atomic E-state index is 11.3. The molecule has 10 nitrogen and oxygen atoms in total. The van der Waals surface area contributed by atoms with Gasteiger partial charge >= 0.3 is 11.7 Å². The minimum atomic E-state index is -0.737. The van der Waals surface area contributed by atoms with Crippen molar-refractivity contribution in [3.05, 3.63) is 50.6 Å². The van der Waals surface area contributed by atoms with E-state index in [0.29, 0.717) is 12.2 Å². The summed E-state index contributed by atoms with van der Waals surface area (Å²) in [6.07, 6.45) is 19.9. The average Bonchev–Trinajstić information content (AvgIpc) is 2.84. The smallest absolute Gasteiger partial charge is 0.325 e. The number of nitro groups is 2. The lowest BCUT2D eigenvalue weighted by Crippen LogP contribution is -2.01. The van der Waals surface area contributed by atoms with Crippen molar-refractivity contribution in [2.24, 2.45) is 0 Å². The molecule has 0 radical (unpaired) electrons. The number of hydrogen-bond acceptors (Lipinski definition) is 8. The number of benzene rings is 1. The molecule has 2 aromatic rings. The predicted molar refractivity (Wildman–Crippen MR) is 134 cm³/mol. The molecule has 0 amide bonds. The molecule has 0 unspecified atom stereocenters. The Balaban J connectivity index is 1.64. The Morgan fingerprint density at radius 2 is 1.34 bits per heavy atom. The maximum absolute atomic E-state index is 11.3. The van der Waals surface area contributed by atoms with Crippen LogP contribution >= 0.6 is 0 Å². The highest BCUT2D eigenvalue weighted by atomic mass is 16.6. The number of rotatable bonds is 19. The molecule has 0 spiro atoms. The third-order valence-corrected chi connectivity index (χ3v) is 5.90. The van der Waals surface area contributed by atoms with Gasteiger partial charge in [0.25, 0.3) is 5.69 Å². The molecule has 0 aliphatic heterocycles. The first-order valence-electron chi connectivity index (χ1n) is 12.8. The Kier molecular flexibility index (Phi) is 13.2. The number of aromatic nitrogens is 3. The van der Waals surface area contributed by atoms with Crippen LogP contribution in [0.4, 0.5) is 11.4 Å². The van der Waals surface area contributed by atoms with Crippen LogP contribution in [0, 0.1) is 20.2 Å². The minimum absolute atomic E-state index is 0.0719. The molecule has 0 atom stereocenters. The third-order valence-electron chi connectivity index (χ3n) is 5.90. The van der Waals surface area contributed by atoms with Crippen molar-refractivity contribution >= 4 is 11.4 Å². The molecule has 0 saturated carbocycles. The van der Waals surface area contributed by atoms with Gasteiger partial charge in [-0.1, -0.05) is 90.4 Å². The maximum Gasteiger partial charge on any atom is 0.325 e. The van der Waals surface area contributed by atoms with E-state index < -0.39 is 21.2 Å². The third kappa shape index (κ3) is 11.2. The lowest BCUT2D eigenvalue weighted by molar-refractivity contribution is -0.394. The van der Waals surface area contributed by atoms with E-state index >= 15 is 0 Å². The number of hydrogen-bond donors (Lipinski definition) is 0. The largest absolute Gasteiger partial charge is 0.417 e. The van der Waals surface area contributed by atoms with Crippen LogP contribution in [0.5, 0.6) is 11.8 Å². The molecular weight excluding hydrogens is 450 g/mol. The van der Waals surface area contributed by atoms with E-state index in [1.165, 1.54) is 89.4 Å². The molecule has 0 aliphatic rings. The summed E-state index contributed by atoms with van der Waals surface area (Å²) in [4.78, 5) is 33.0.